The SMILES string of the molecule is Cc1c(F)cc(F)c(C)c1C(=O)O. The van der Waals surface area contributed by atoms with Crippen molar-refractivity contribution in [2.75, 3.05) is 0 Å². The van der Waals surface area contributed by atoms with Crippen molar-refractivity contribution in [2.24, 2.45) is 0 Å². The Bertz CT molecular complexity index is 346. The lowest BCUT2D eigenvalue weighted by molar-refractivity contribution is 0.0694. The van der Waals surface area contributed by atoms with E-state index < -0.39 is 17.6 Å². The Morgan fingerprint density at radius 3 is 1.92 bits per heavy atom. The molecule has 0 bridgehead atoms. The zero-order valence-electron chi connectivity index (χ0n) is 7.19. The van der Waals surface area contributed by atoms with Crippen molar-refractivity contribution in [2.45, 2.75) is 13.8 Å². The van der Waals surface area contributed by atoms with Crippen LogP contribution in [0.3, 0.4) is 0 Å². The van der Waals surface area contributed by atoms with Crippen LogP contribution in [0.15, 0.2) is 6.07 Å². The van der Waals surface area contributed by atoms with Crippen molar-refractivity contribution in [3.05, 3.63) is 34.4 Å². The molecule has 0 aromatic heterocycles. The van der Waals surface area contributed by atoms with Crippen LogP contribution in [-0.2, 0) is 0 Å². The average Bonchev–Trinajstić information content (AvgIpc) is 2.01. The number of benzene rings is 1. The molecule has 0 unspecified atom stereocenters. The molecule has 0 aliphatic carbocycles. The van der Waals surface area contributed by atoms with Crippen LogP contribution in [-0.4, -0.2) is 11.1 Å². The number of hydrogen-bond donors (Lipinski definition) is 1. The van der Waals surface area contributed by atoms with Gasteiger partial charge in [-0.25, -0.2) is 13.6 Å². The molecule has 2 nitrogen and oxygen atoms in total. The predicted molar refractivity (Wildman–Crippen MR) is 42.8 cm³/mol. The maximum Gasteiger partial charge on any atom is 0.336 e. The van der Waals surface area contributed by atoms with Gasteiger partial charge in [0.1, 0.15) is 11.6 Å². The van der Waals surface area contributed by atoms with Crippen LogP contribution < -0.4 is 0 Å². The summed E-state index contributed by atoms with van der Waals surface area (Å²) in [5.41, 5.74) is -0.365. The third-order valence-corrected chi connectivity index (χ3v) is 1.93. The molecule has 70 valence electrons. The van der Waals surface area contributed by atoms with Crippen molar-refractivity contribution in [1.82, 2.24) is 0 Å². The van der Waals surface area contributed by atoms with E-state index in [2.05, 4.69) is 0 Å². The van der Waals surface area contributed by atoms with E-state index in [1.807, 2.05) is 0 Å². The highest BCUT2D eigenvalue weighted by Crippen LogP contribution is 2.20. The third-order valence-electron chi connectivity index (χ3n) is 1.93. The van der Waals surface area contributed by atoms with Crippen molar-refractivity contribution in [3.63, 3.8) is 0 Å². The molecule has 1 aromatic rings. The van der Waals surface area contributed by atoms with Crippen molar-refractivity contribution < 1.29 is 18.7 Å². The van der Waals surface area contributed by atoms with Gasteiger partial charge in [-0.3, -0.25) is 0 Å². The van der Waals surface area contributed by atoms with Crippen LogP contribution >= 0.6 is 0 Å². The molecule has 1 rings (SSSR count). The molecule has 1 N–H and O–H groups in total. The van der Waals surface area contributed by atoms with Gasteiger partial charge < -0.3 is 5.11 Å². The topological polar surface area (TPSA) is 37.3 Å². The zero-order valence-corrected chi connectivity index (χ0v) is 7.19. The molecule has 0 aliphatic heterocycles. The summed E-state index contributed by atoms with van der Waals surface area (Å²) in [6.07, 6.45) is 0. The average molecular weight is 186 g/mol. The summed E-state index contributed by atoms with van der Waals surface area (Å²) in [5.74, 6) is -2.98. The second-order valence-electron chi connectivity index (χ2n) is 2.77. The Balaban J connectivity index is 3.56. The second kappa shape index (κ2) is 3.12. The van der Waals surface area contributed by atoms with Gasteiger partial charge >= 0.3 is 5.97 Å². The minimum Gasteiger partial charge on any atom is -0.478 e. The molecular weight excluding hydrogens is 178 g/mol. The highest BCUT2D eigenvalue weighted by molar-refractivity contribution is 5.91. The summed E-state index contributed by atoms with van der Waals surface area (Å²) in [4.78, 5) is 10.6. The smallest absolute Gasteiger partial charge is 0.336 e. The molecular formula is C9H8F2O2. The molecule has 0 saturated carbocycles. The number of halogens is 2. The van der Waals surface area contributed by atoms with Gasteiger partial charge in [0, 0.05) is 6.07 Å². The predicted octanol–water partition coefficient (Wildman–Crippen LogP) is 2.28. The van der Waals surface area contributed by atoms with E-state index in [1.165, 1.54) is 13.8 Å². The lowest BCUT2D eigenvalue weighted by Gasteiger charge is -2.06. The van der Waals surface area contributed by atoms with E-state index in [0.29, 0.717) is 6.07 Å². The van der Waals surface area contributed by atoms with Gasteiger partial charge in [-0.15, -0.1) is 0 Å². The van der Waals surface area contributed by atoms with Crippen LogP contribution in [0.25, 0.3) is 0 Å². The first kappa shape index (κ1) is 9.64. The second-order valence-corrected chi connectivity index (χ2v) is 2.77. The van der Waals surface area contributed by atoms with Gasteiger partial charge in [-0.1, -0.05) is 0 Å². The molecule has 0 amide bonds. The lowest BCUT2D eigenvalue weighted by atomic mass is 10.0. The largest absolute Gasteiger partial charge is 0.478 e. The standard InChI is InChI=1S/C9H8F2O2/c1-4-6(10)3-7(11)5(2)8(4)9(12)13/h3H,1-2H3,(H,12,13). The summed E-state index contributed by atoms with van der Waals surface area (Å²) < 4.78 is 25.8. The Morgan fingerprint density at radius 2 is 1.62 bits per heavy atom. The third kappa shape index (κ3) is 1.52. The summed E-state index contributed by atoms with van der Waals surface area (Å²) in [5, 5.41) is 8.66. The van der Waals surface area contributed by atoms with Crippen LogP contribution in [0.5, 0.6) is 0 Å². The minimum atomic E-state index is -1.31. The fourth-order valence-corrected chi connectivity index (χ4v) is 1.17. The maximum absolute atomic E-state index is 12.9. The lowest BCUT2D eigenvalue weighted by Crippen LogP contribution is -2.07. The van der Waals surface area contributed by atoms with Crippen LogP contribution in [0.1, 0.15) is 21.5 Å². The van der Waals surface area contributed by atoms with E-state index >= 15 is 0 Å². The molecule has 1 aromatic carbocycles. The number of carboxylic acid groups (broad SMARTS) is 1. The van der Waals surface area contributed by atoms with E-state index in [-0.39, 0.29) is 16.7 Å². The summed E-state index contributed by atoms with van der Waals surface area (Å²) in [6.45, 7) is 2.62. The highest BCUT2D eigenvalue weighted by atomic mass is 19.1. The summed E-state index contributed by atoms with van der Waals surface area (Å²) >= 11 is 0. The fraction of sp³-hybridized carbons (Fsp3) is 0.222. The first-order chi connectivity index (χ1) is 5.95. The van der Waals surface area contributed by atoms with Crippen molar-refractivity contribution in [3.8, 4) is 0 Å². The van der Waals surface area contributed by atoms with Crippen LogP contribution in [0.2, 0.25) is 0 Å². The number of rotatable bonds is 1. The first-order valence-corrected chi connectivity index (χ1v) is 3.63. The number of aromatic carboxylic acids is 1. The summed E-state index contributed by atoms with van der Waals surface area (Å²) in [7, 11) is 0. The van der Waals surface area contributed by atoms with Gasteiger partial charge in [0.25, 0.3) is 0 Å². The molecule has 0 aliphatic rings. The molecule has 0 fully saturated rings. The van der Waals surface area contributed by atoms with Gasteiger partial charge in [-0.05, 0) is 25.0 Å². The van der Waals surface area contributed by atoms with E-state index in [9.17, 15) is 13.6 Å². The number of carboxylic acids is 1. The highest BCUT2D eigenvalue weighted by Gasteiger charge is 2.17. The Kier molecular flexibility index (Phi) is 2.32. The van der Waals surface area contributed by atoms with Crippen molar-refractivity contribution in [1.29, 1.82) is 0 Å². The minimum absolute atomic E-state index is 0.0357. The number of hydrogen-bond acceptors (Lipinski definition) is 1. The monoisotopic (exact) mass is 186 g/mol. The van der Waals surface area contributed by atoms with Gasteiger partial charge in [0.2, 0.25) is 0 Å². The molecule has 0 radical (unpaired) electrons. The Labute approximate surface area is 73.8 Å². The van der Waals surface area contributed by atoms with Crippen LogP contribution in [0, 0.1) is 25.5 Å². The maximum atomic E-state index is 12.9. The first-order valence-electron chi connectivity index (χ1n) is 3.63. The van der Waals surface area contributed by atoms with E-state index in [0.717, 1.165) is 0 Å². The van der Waals surface area contributed by atoms with Crippen molar-refractivity contribution >= 4 is 5.97 Å². The molecule has 0 saturated heterocycles. The van der Waals surface area contributed by atoms with Gasteiger partial charge in [0.05, 0.1) is 5.56 Å². The summed E-state index contributed by atoms with van der Waals surface area (Å²) in [6, 6.07) is 0.692. The van der Waals surface area contributed by atoms with E-state index in [1.54, 1.807) is 0 Å². The fourth-order valence-electron chi connectivity index (χ4n) is 1.17. The van der Waals surface area contributed by atoms with E-state index in [4.69, 9.17) is 5.11 Å². The molecule has 13 heavy (non-hydrogen) atoms. The number of carbonyl (C=O) groups is 1. The zero-order chi connectivity index (χ0) is 10.2. The quantitative estimate of drug-likeness (QED) is 0.730. The van der Waals surface area contributed by atoms with Gasteiger partial charge in [-0.2, -0.15) is 0 Å². The van der Waals surface area contributed by atoms with Crippen LogP contribution in [0.4, 0.5) is 8.78 Å². The molecule has 0 heterocycles. The normalized spacial score (nSPS) is 10.2. The molecule has 0 spiro atoms. The van der Waals surface area contributed by atoms with Gasteiger partial charge in [0.15, 0.2) is 0 Å². The Hall–Kier alpha value is -1.45. The Morgan fingerprint density at radius 1 is 1.23 bits per heavy atom. The molecule has 0 atom stereocenters. The molecule has 4 heteroatoms.